The molecule has 1 aromatic rings. The molecule has 8 nitrogen and oxygen atoms in total. The van der Waals surface area contributed by atoms with E-state index in [0.717, 1.165) is 13.2 Å². The number of amides is 1. The molecule has 2 aliphatic heterocycles. The van der Waals surface area contributed by atoms with Crippen molar-refractivity contribution in [1.82, 2.24) is 10.2 Å². The number of phenols is 1. The maximum absolute atomic E-state index is 14.5. The second-order valence-corrected chi connectivity index (χ2v) is 6.29. The van der Waals surface area contributed by atoms with Crippen LogP contribution in [0.2, 0.25) is 0 Å². The average molecular weight is 395 g/mol. The Morgan fingerprint density at radius 2 is 2.11 bits per heavy atom. The molecular weight excluding hydrogens is 375 g/mol. The number of carbonyl (C=O) groups excluding carboxylic acids is 1. The van der Waals surface area contributed by atoms with Crippen molar-refractivity contribution in [3.8, 4) is 12.0 Å². The summed E-state index contributed by atoms with van der Waals surface area (Å²) >= 11 is 0. The summed E-state index contributed by atoms with van der Waals surface area (Å²) in [5.41, 5.74) is -1.33. The van der Waals surface area contributed by atoms with Crippen LogP contribution in [0, 0.1) is 29.1 Å². The van der Waals surface area contributed by atoms with Crippen molar-refractivity contribution in [2.24, 2.45) is 5.92 Å². The number of hydrogen-bond donors (Lipinski definition) is 2. The van der Waals surface area contributed by atoms with Gasteiger partial charge < -0.3 is 4.74 Å². The van der Waals surface area contributed by atoms with Gasteiger partial charge in [-0.25, -0.2) is 0 Å². The normalized spacial score (nSPS) is 24.9. The van der Waals surface area contributed by atoms with Gasteiger partial charge in [0.1, 0.15) is 0 Å². The predicted octanol–water partition coefficient (Wildman–Crippen LogP) is 0.431. The monoisotopic (exact) mass is 395 g/mol. The van der Waals surface area contributed by atoms with Gasteiger partial charge in [-0.3, -0.25) is 0 Å². The van der Waals surface area contributed by atoms with Crippen LogP contribution in [-0.2, 0) is 24.5 Å². The topological polar surface area (TPSA) is 104 Å². The van der Waals surface area contributed by atoms with Gasteiger partial charge in [0.2, 0.25) is 0 Å². The molecule has 0 radical (unpaired) electrons. The summed E-state index contributed by atoms with van der Waals surface area (Å²) in [6, 6.07) is 1.51. The van der Waals surface area contributed by atoms with Crippen molar-refractivity contribution in [3.63, 3.8) is 0 Å². The second-order valence-electron chi connectivity index (χ2n) is 6.29. The summed E-state index contributed by atoms with van der Waals surface area (Å²) in [5, 5.41) is 21.2. The van der Waals surface area contributed by atoms with E-state index in [1.807, 2.05) is 0 Å². The van der Waals surface area contributed by atoms with Gasteiger partial charge in [0, 0.05) is 14.2 Å². The first-order valence-electron chi connectivity index (χ1n) is 8.29. The number of rotatable bonds is 2. The molecule has 2 heterocycles. The largest absolute Gasteiger partial charge is 0.388 e. The molecular formula is C17H20BF2N3O5. The number of nitrogens with one attached hydrogen (secondary N) is 1. The molecule has 2 unspecified atom stereocenters. The number of fused-ring (bicyclic) bond motifs is 1. The van der Waals surface area contributed by atoms with E-state index < -0.39 is 28.8 Å². The first-order chi connectivity index (χ1) is 13.3. The Morgan fingerprint density at radius 3 is 2.75 bits per heavy atom. The fourth-order valence-electron chi connectivity index (χ4n) is 3.31. The number of carbonyl (C=O) groups is 1. The van der Waals surface area contributed by atoms with Crippen LogP contribution < -0.4 is 5.32 Å². The number of ether oxygens (including phenoxy) is 2. The fraction of sp³-hybridized carbons (Fsp3) is 0.471. The van der Waals surface area contributed by atoms with Crippen molar-refractivity contribution in [2.75, 3.05) is 34.5 Å². The molecule has 0 aliphatic carbocycles. The van der Waals surface area contributed by atoms with E-state index >= 15 is 0 Å². The van der Waals surface area contributed by atoms with E-state index in [1.54, 1.807) is 14.2 Å². The molecule has 2 aliphatic rings. The van der Waals surface area contributed by atoms with Gasteiger partial charge in [-0.05, 0) is 0 Å². The molecule has 3 rings (SSSR count). The summed E-state index contributed by atoms with van der Waals surface area (Å²) in [4.78, 5) is 14.0. The molecule has 1 amide bonds. The average Bonchev–Trinajstić information content (AvgIpc) is 2.67. The summed E-state index contributed by atoms with van der Waals surface area (Å²) in [6.07, 6.45) is 1.76. The van der Waals surface area contributed by atoms with Crippen LogP contribution in [-0.4, -0.2) is 63.2 Å². The van der Waals surface area contributed by atoms with Crippen LogP contribution in [0.25, 0.3) is 0 Å². The Morgan fingerprint density at radius 1 is 1.43 bits per heavy atom. The molecule has 11 heteroatoms. The Kier molecular flexibility index (Phi) is 6.93. The van der Waals surface area contributed by atoms with E-state index in [9.17, 15) is 18.7 Å². The molecule has 2 atom stereocenters. The van der Waals surface area contributed by atoms with Crippen molar-refractivity contribution < 1.29 is 32.8 Å². The van der Waals surface area contributed by atoms with Crippen LogP contribution >= 0.6 is 0 Å². The van der Waals surface area contributed by atoms with Gasteiger partial charge in [-0.15, -0.1) is 0 Å². The minimum Gasteiger partial charge on any atom is -0.388 e. The molecule has 0 bridgehead atoms. The van der Waals surface area contributed by atoms with Crippen LogP contribution in [0.3, 0.4) is 0 Å². The van der Waals surface area contributed by atoms with Crippen LogP contribution in [0.5, 0.6) is 5.75 Å². The molecule has 2 N–H and O–H groups in total. The van der Waals surface area contributed by atoms with Crippen LogP contribution in [0.15, 0.2) is 12.1 Å². The first-order valence-corrected chi connectivity index (χ1v) is 8.29. The zero-order valence-electron chi connectivity index (χ0n) is 15.7. The molecule has 0 spiro atoms. The van der Waals surface area contributed by atoms with Crippen molar-refractivity contribution in [1.29, 1.82) is 5.26 Å². The number of benzene rings is 1. The standard InChI is InChI=1S/C15H14BF2N3O4.C2H6O/c1-21-13(23)8-2-3-24-6-15(8,20-14(21)16-25-7-19)9-4-12(22)11(18)5-10(9)17;1-3-2/h4-5,8,20,22H,2-3,6H2,1H3;1-2H3. The number of aromatic hydroxyl groups is 1. The third-order valence-corrected chi connectivity index (χ3v) is 4.56. The molecule has 28 heavy (non-hydrogen) atoms. The minimum absolute atomic E-state index is 0.0802. The summed E-state index contributed by atoms with van der Waals surface area (Å²) in [5.74, 6) is -3.80. The molecule has 1 aromatic carbocycles. The number of hydrogen-bond acceptors (Lipinski definition) is 7. The third-order valence-electron chi connectivity index (χ3n) is 4.56. The van der Waals surface area contributed by atoms with E-state index in [-0.39, 0.29) is 23.8 Å². The van der Waals surface area contributed by atoms with Gasteiger partial charge in [-0.2, -0.15) is 0 Å². The number of nitriles is 1. The molecule has 0 aromatic heterocycles. The van der Waals surface area contributed by atoms with Gasteiger partial charge in [0.15, 0.2) is 0 Å². The number of phenolic OH excluding ortho intramolecular Hbond substituents is 1. The smallest absolute Gasteiger partial charge is 0.0351 e. The molecule has 2 fully saturated rings. The second kappa shape index (κ2) is 8.99. The predicted molar refractivity (Wildman–Crippen MR) is 94.9 cm³/mol. The van der Waals surface area contributed by atoms with Gasteiger partial charge in [0.05, 0.1) is 0 Å². The van der Waals surface area contributed by atoms with E-state index in [2.05, 4.69) is 14.7 Å². The molecule has 150 valence electrons. The number of methoxy groups -OCH3 is 1. The Balaban J connectivity index is 0.000000878. The maximum atomic E-state index is 14.5. The number of halogens is 2. The van der Waals surface area contributed by atoms with E-state index in [1.165, 1.54) is 18.2 Å². The van der Waals surface area contributed by atoms with E-state index in [4.69, 9.17) is 10.00 Å². The zero-order chi connectivity index (χ0) is 20.9. The van der Waals surface area contributed by atoms with Crippen molar-refractivity contribution >= 4 is 18.7 Å². The Hall–Kier alpha value is -2.71. The van der Waals surface area contributed by atoms with Gasteiger partial charge in [0.25, 0.3) is 0 Å². The summed E-state index contributed by atoms with van der Waals surface area (Å²) < 4.78 is 42.2. The van der Waals surface area contributed by atoms with Gasteiger partial charge >= 0.3 is 142 Å². The van der Waals surface area contributed by atoms with Gasteiger partial charge in [-0.1, -0.05) is 0 Å². The quantitative estimate of drug-likeness (QED) is 0.553. The van der Waals surface area contributed by atoms with Crippen molar-refractivity contribution in [3.05, 3.63) is 29.3 Å². The Labute approximate surface area is 161 Å². The SMILES string of the molecule is CN1C(=O)C2CCOCC2(c2cc(O)c(F)cc2F)NC1=BOC#N.COC. The zero-order valence-corrected chi connectivity index (χ0v) is 15.7. The summed E-state index contributed by atoms with van der Waals surface area (Å²) in [7, 11) is 5.76. The van der Waals surface area contributed by atoms with Crippen molar-refractivity contribution in [2.45, 2.75) is 12.0 Å². The maximum Gasteiger partial charge on any atom is 0.0351 e. The molecule has 0 saturated carbocycles. The summed E-state index contributed by atoms with van der Waals surface area (Å²) in [6.45, 7) is 0.222. The van der Waals surface area contributed by atoms with Crippen LogP contribution in [0.1, 0.15) is 12.0 Å². The van der Waals surface area contributed by atoms with E-state index in [0.29, 0.717) is 19.1 Å². The first kappa shape index (κ1) is 21.6. The minimum atomic E-state index is -1.36. The fourth-order valence-corrected chi connectivity index (χ4v) is 3.31. The molecule has 2 saturated heterocycles. The Bertz CT molecular complexity index is 817. The third kappa shape index (κ3) is 3.93. The number of nitrogens with zero attached hydrogens (tertiary/aromatic N) is 2. The van der Waals surface area contributed by atoms with Crippen LogP contribution in [0.4, 0.5) is 8.78 Å².